The molecule has 1 N–H and O–H groups in total. The molecule has 0 radical (unpaired) electrons. The van der Waals surface area contributed by atoms with Crippen molar-refractivity contribution in [2.45, 2.75) is 20.8 Å². The molecular weight excluding hydrogens is 146 g/mol. The van der Waals surface area contributed by atoms with E-state index in [0.717, 1.165) is 6.54 Å². The predicted molar refractivity (Wildman–Crippen MR) is 51.6 cm³/mol. The maximum atomic E-state index is 3.49. The van der Waals surface area contributed by atoms with Gasteiger partial charge in [0.25, 0.3) is 0 Å². The number of allylic oxidation sites excluding steroid dienone is 1. The van der Waals surface area contributed by atoms with Crippen LogP contribution in [0.2, 0.25) is 0 Å². The third-order valence-electron chi connectivity index (χ3n) is 0.616. The first-order valence-corrected chi connectivity index (χ1v) is 3.37. The molecule has 0 atom stereocenters. The van der Waals surface area contributed by atoms with Crippen molar-refractivity contribution in [3.63, 3.8) is 0 Å². The molecule has 0 rings (SSSR count). The molecular formula is C8H18ClN. The number of halogens is 1. The Hall–Kier alpha value is -0.430. The van der Waals surface area contributed by atoms with Gasteiger partial charge in [0, 0.05) is 6.54 Å². The smallest absolute Gasteiger partial charge is 0.0325 e. The quantitative estimate of drug-likeness (QED) is 0.499. The summed E-state index contributed by atoms with van der Waals surface area (Å²) in [5.41, 5.74) is 0. The van der Waals surface area contributed by atoms with Crippen LogP contribution in [0, 0.1) is 0 Å². The Labute approximate surface area is 70.6 Å². The molecule has 0 aromatic heterocycles. The van der Waals surface area contributed by atoms with Crippen molar-refractivity contribution in [3.8, 4) is 0 Å². The first-order chi connectivity index (χ1) is 4.41. The van der Waals surface area contributed by atoms with Gasteiger partial charge in [0.15, 0.2) is 0 Å². The monoisotopic (exact) mass is 163 g/mol. The summed E-state index contributed by atoms with van der Waals surface area (Å²) < 4.78 is 0. The molecule has 0 saturated carbocycles. The van der Waals surface area contributed by atoms with Crippen LogP contribution in [0.25, 0.3) is 0 Å². The zero-order valence-electron chi connectivity index (χ0n) is 7.05. The highest BCUT2D eigenvalue weighted by Gasteiger charge is 1.63. The summed E-state index contributed by atoms with van der Waals surface area (Å²) in [7, 11) is 0. The van der Waals surface area contributed by atoms with Gasteiger partial charge in [-0.25, -0.2) is 0 Å². The Bertz CT molecular complexity index is 69.7. The van der Waals surface area contributed by atoms with Gasteiger partial charge in [-0.1, -0.05) is 32.6 Å². The third-order valence-corrected chi connectivity index (χ3v) is 0.616. The molecule has 0 aliphatic carbocycles. The van der Waals surface area contributed by atoms with E-state index >= 15 is 0 Å². The summed E-state index contributed by atoms with van der Waals surface area (Å²) in [4.78, 5) is 0. The zero-order chi connectivity index (χ0) is 7.54. The highest BCUT2D eigenvalue weighted by Crippen LogP contribution is 1.64. The van der Waals surface area contributed by atoms with Crippen LogP contribution < -0.4 is 5.32 Å². The maximum absolute atomic E-state index is 3.49. The molecule has 0 bridgehead atoms. The second kappa shape index (κ2) is 23.5. The van der Waals surface area contributed by atoms with Gasteiger partial charge in [-0.15, -0.1) is 12.4 Å². The van der Waals surface area contributed by atoms with Crippen molar-refractivity contribution < 1.29 is 0 Å². The zero-order valence-corrected chi connectivity index (χ0v) is 7.87. The molecule has 0 aromatic rings. The van der Waals surface area contributed by atoms with E-state index in [1.54, 1.807) is 6.20 Å². The summed E-state index contributed by atoms with van der Waals surface area (Å²) in [6.45, 7) is 10.4. The van der Waals surface area contributed by atoms with E-state index < -0.39 is 0 Å². The fraction of sp³-hybridized carbons (Fsp3) is 0.500. The van der Waals surface area contributed by atoms with Crippen LogP contribution in [-0.2, 0) is 0 Å². The standard InChI is InChI=1S/C6H11N.C2H6.ClH/c1-3-5-6-7-4-2;1-2;/h3-5,7H,2,6H2,1H3;1-2H3;1H/b5-3+;;. The topological polar surface area (TPSA) is 12.0 Å². The number of hydrogen-bond acceptors (Lipinski definition) is 1. The van der Waals surface area contributed by atoms with Gasteiger partial charge >= 0.3 is 0 Å². The van der Waals surface area contributed by atoms with E-state index in [4.69, 9.17) is 0 Å². The van der Waals surface area contributed by atoms with E-state index in [1.807, 2.05) is 32.9 Å². The minimum Gasteiger partial charge on any atom is -0.388 e. The second-order valence-corrected chi connectivity index (χ2v) is 1.18. The van der Waals surface area contributed by atoms with Crippen LogP contribution in [0.5, 0.6) is 0 Å². The highest BCUT2D eigenvalue weighted by atomic mass is 35.5. The average Bonchev–Trinajstić information content (AvgIpc) is 1.94. The molecule has 0 spiro atoms. The van der Waals surface area contributed by atoms with Crippen LogP contribution in [0.15, 0.2) is 24.9 Å². The summed E-state index contributed by atoms with van der Waals surface area (Å²) in [5.74, 6) is 0. The molecule has 0 heterocycles. The van der Waals surface area contributed by atoms with Crippen LogP contribution in [0.1, 0.15) is 20.8 Å². The van der Waals surface area contributed by atoms with E-state index in [2.05, 4.69) is 11.9 Å². The molecule has 1 nitrogen and oxygen atoms in total. The van der Waals surface area contributed by atoms with Crippen LogP contribution in [0.4, 0.5) is 0 Å². The lowest BCUT2D eigenvalue weighted by Crippen LogP contribution is -2.01. The van der Waals surface area contributed by atoms with Gasteiger partial charge in [0.05, 0.1) is 0 Å². The average molecular weight is 164 g/mol. The van der Waals surface area contributed by atoms with Gasteiger partial charge in [-0.2, -0.15) is 0 Å². The van der Waals surface area contributed by atoms with Crippen LogP contribution >= 0.6 is 12.4 Å². The molecule has 0 aromatic carbocycles. The van der Waals surface area contributed by atoms with Crippen LogP contribution in [-0.4, -0.2) is 6.54 Å². The van der Waals surface area contributed by atoms with Crippen molar-refractivity contribution in [2.75, 3.05) is 6.54 Å². The number of rotatable bonds is 3. The molecule has 0 aliphatic rings. The van der Waals surface area contributed by atoms with Gasteiger partial charge < -0.3 is 5.32 Å². The van der Waals surface area contributed by atoms with Crippen molar-refractivity contribution in [1.29, 1.82) is 0 Å². The maximum Gasteiger partial charge on any atom is 0.0325 e. The summed E-state index contributed by atoms with van der Waals surface area (Å²) in [6.07, 6.45) is 5.71. The van der Waals surface area contributed by atoms with Gasteiger partial charge in [0.2, 0.25) is 0 Å². The Morgan fingerprint density at radius 2 is 1.90 bits per heavy atom. The summed E-state index contributed by atoms with van der Waals surface area (Å²) >= 11 is 0. The molecule has 0 saturated heterocycles. The Kier molecular flexibility index (Phi) is 38.3. The SMILES string of the molecule is C=CNC/C=C/C.CC.Cl. The lowest BCUT2D eigenvalue weighted by molar-refractivity contribution is 0.988. The normalized spacial score (nSPS) is 7.10. The Morgan fingerprint density at radius 3 is 2.20 bits per heavy atom. The molecule has 0 unspecified atom stereocenters. The van der Waals surface area contributed by atoms with Gasteiger partial charge in [0.1, 0.15) is 0 Å². The fourth-order valence-corrected chi connectivity index (χ4v) is 0.269. The molecule has 0 fully saturated rings. The van der Waals surface area contributed by atoms with Crippen molar-refractivity contribution in [2.24, 2.45) is 0 Å². The van der Waals surface area contributed by atoms with E-state index in [0.29, 0.717) is 0 Å². The molecule has 0 aliphatic heterocycles. The van der Waals surface area contributed by atoms with Gasteiger partial charge in [-0.05, 0) is 13.1 Å². The fourth-order valence-electron chi connectivity index (χ4n) is 0.269. The first-order valence-electron chi connectivity index (χ1n) is 3.37. The van der Waals surface area contributed by atoms with Crippen molar-refractivity contribution >= 4 is 12.4 Å². The second-order valence-electron chi connectivity index (χ2n) is 1.18. The predicted octanol–water partition coefficient (Wildman–Crippen LogP) is 2.74. The number of hydrogen-bond donors (Lipinski definition) is 1. The Balaban J connectivity index is -0.000000149. The van der Waals surface area contributed by atoms with E-state index in [-0.39, 0.29) is 12.4 Å². The van der Waals surface area contributed by atoms with E-state index in [1.165, 1.54) is 0 Å². The number of nitrogens with one attached hydrogen (secondary N) is 1. The lowest BCUT2D eigenvalue weighted by atomic mass is 10.5. The minimum atomic E-state index is 0. The van der Waals surface area contributed by atoms with Gasteiger partial charge in [-0.3, -0.25) is 0 Å². The minimum absolute atomic E-state index is 0. The van der Waals surface area contributed by atoms with Crippen molar-refractivity contribution in [1.82, 2.24) is 5.32 Å². The summed E-state index contributed by atoms with van der Waals surface area (Å²) in [5, 5.41) is 2.93. The lowest BCUT2D eigenvalue weighted by Gasteiger charge is -1.87. The van der Waals surface area contributed by atoms with Crippen LogP contribution in [0.3, 0.4) is 0 Å². The summed E-state index contributed by atoms with van der Waals surface area (Å²) in [6, 6.07) is 0. The molecule has 10 heavy (non-hydrogen) atoms. The first kappa shape index (κ1) is 16.3. The van der Waals surface area contributed by atoms with Crippen molar-refractivity contribution in [3.05, 3.63) is 24.9 Å². The highest BCUT2D eigenvalue weighted by molar-refractivity contribution is 5.85. The molecule has 2 heteroatoms. The third kappa shape index (κ3) is 25.6. The molecule has 0 amide bonds. The van der Waals surface area contributed by atoms with E-state index in [9.17, 15) is 0 Å². The Morgan fingerprint density at radius 1 is 1.40 bits per heavy atom. The molecule has 62 valence electrons. The largest absolute Gasteiger partial charge is 0.388 e.